The molecule has 0 spiro atoms. The first-order chi connectivity index (χ1) is 11.1. The Morgan fingerprint density at radius 1 is 1.17 bits per heavy atom. The average molecular weight is 330 g/mol. The van der Waals surface area contributed by atoms with Crippen LogP contribution in [0.5, 0.6) is 0 Å². The maximum absolute atomic E-state index is 13.0. The van der Waals surface area contributed by atoms with E-state index in [-0.39, 0.29) is 5.56 Å². The molecule has 0 radical (unpaired) electrons. The highest BCUT2D eigenvalue weighted by Crippen LogP contribution is 2.15. The third-order valence-electron chi connectivity index (χ3n) is 3.02. The molecule has 118 valence electrons. The number of carbonyl (C=O) groups is 2. The molecular formula is C18H15FO3S. The van der Waals surface area contributed by atoms with Crippen molar-refractivity contribution in [1.29, 1.82) is 0 Å². The van der Waals surface area contributed by atoms with Crippen LogP contribution in [0.3, 0.4) is 0 Å². The topological polar surface area (TPSA) is 43.4 Å². The van der Waals surface area contributed by atoms with Crippen molar-refractivity contribution >= 4 is 29.6 Å². The third kappa shape index (κ3) is 5.38. The molecule has 0 N–H and O–H groups in total. The van der Waals surface area contributed by atoms with Gasteiger partial charge in [0.05, 0.1) is 0 Å². The molecule has 3 nitrogen and oxygen atoms in total. The second-order valence-corrected chi connectivity index (χ2v) is 5.53. The summed E-state index contributed by atoms with van der Waals surface area (Å²) >= 11 is 1.63. The Hall–Kier alpha value is -2.40. The summed E-state index contributed by atoms with van der Waals surface area (Å²) in [7, 11) is 0. The van der Waals surface area contributed by atoms with E-state index in [1.165, 1.54) is 24.3 Å². The lowest BCUT2D eigenvalue weighted by Crippen LogP contribution is -2.12. The van der Waals surface area contributed by atoms with Gasteiger partial charge in [-0.2, -0.15) is 0 Å². The van der Waals surface area contributed by atoms with Gasteiger partial charge >= 0.3 is 5.97 Å². The Morgan fingerprint density at radius 3 is 2.57 bits per heavy atom. The fourth-order valence-electron chi connectivity index (χ4n) is 1.81. The molecular weight excluding hydrogens is 315 g/mol. The molecule has 5 heteroatoms. The first-order valence-electron chi connectivity index (χ1n) is 6.86. The van der Waals surface area contributed by atoms with E-state index in [0.717, 1.165) is 16.5 Å². The van der Waals surface area contributed by atoms with Crippen molar-refractivity contribution in [3.05, 3.63) is 71.6 Å². The predicted molar refractivity (Wildman–Crippen MR) is 88.9 cm³/mol. The summed E-state index contributed by atoms with van der Waals surface area (Å²) < 4.78 is 17.9. The van der Waals surface area contributed by atoms with Crippen LogP contribution in [0.2, 0.25) is 0 Å². The Kier molecular flexibility index (Phi) is 6.11. The number of Topliss-reactive ketones (excluding diaryl/α,β-unsaturated/α-hetero) is 1. The summed E-state index contributed by atoms with van der Waals surface area (Å²) in [5, 5.41) is 0. The number of benzene rings is 2. The van der Waals surface area contributed by atoms with Crippen molar-refractivity contribution in [3.8, 4) is 0 Å². The third-order valence-corrected chi connectivity index (χ3v) is 3.76. The van der Waals surface area contributed by atoms with Gasteiger partial charge in [0.25, 0.3) is 0 Å². The van der Waals surface area contributed by atoms with Crippen LogP contribution < -0.4 is 0 Å². The average Bonchev–Trinajstić information content (AvgIpc) is 2.58. The van der Waals surface area contributed by atoms with Crippen LogP contribution in [-0.2, 0) is 9.53 Å². The van der Waals surface area contributed by atoms with E-state index in [1.807, 2.05) is 30.5 Å². The van der Waals surface area contributed by atoms with Crippen molar-refractivity contribution in [2.75, 3.05) is 12.9 Å². The standard InChI is InChI=1S/C18H15FO3S/c1-23-16-8-5-13(6-9-16)7-10-18(21)22-12-17(20)14-3-2-4-15(19)11-14/h2-11H,12H2,1H3/b10-7+. The monoisotopic (exact) mass is 330 g/mol. The number of hydrogen-bond acceptors (Lipinski definition) is 4. The molecule has 0 fully saturated rings. The van der Waals surface area contributed by atoms with E-state index in [9.17, 15) is 14.0 Å². The Balaban J connectivity index is 1.86. The van der Waals surface area contributed by atoms with Gasteiger partial charge in [0.15, 0.2) is 12.4 Å². The molecule has 0 saturated carbocycles. The van der Waals surface area contributed by atoms with E-state index in [2.05, 4.69) is 0 Å². The number of halogens is 1. The molecule has 0 aliphatic heterocycles. The van der Waals surface area contributed by atoms with Gasteiger partial charge in [-0.25, -0.2) is 9.18 Å². The number of thioether (sulfide) groups is 1. The molecule has 23 heavy (non-hydrogen) atoms. The minimum absolute atomic E-state index is 0.175. The van der Waals surface area contributed by atoms with E-state index in [4.69, 9.17) is 4.74 Å². The molecule has 0 bridgehead atoms. The van der Waals surface area contributed by atoms with Gasteiger partial charge in [-0.05, 0) is 42.2 Å². The molecule has 0 aliphatic rings. The molecule has 2 aromatic rings. The van der Waals surface area contributed by atoms with Crippen molar-refractivity contribution in [2.24, 2.45) is 0 Å². The number of carbonyl (C=O) groups excluding carboxylic acids is 2. The van der Waals surface area contributed by atoms with Crippen LogP contribution >= 0.6 is 11.8 Å². The quantitative estimate of drug-likeness (QED) is 0.348. The number of rotatable bonds is 6. The summed E-state index contributed by atoms with van der Waals surface area (Å²) in [5.74, 6) is -1.57. The molecule has 0 heterocycles. The van der Waals surface area contributed by atoms with Crippen LogP contribution in [0, 0.1) is 5.82 Å². The number of ketones is 1. The smallest absolute Gasteiger partial charge is 0.331 e. The summed E-state index contributed by atoms with van der Waals surface area (Å²) in [5.41, 5.74) is 1.03. The first-order valence-corrected chi connectivity index (χ1v) is 8.08. The predicted octanol–water partition coefficient (Wildman–Crippen LogP) is 3.99. The van der Waals surface area contributed by atoms with Gasteiger partial charge in [0.2, 0.25) is 0 Å². The Bertz CT molecular complexity index is 723. The SMILES string of the molecule is CSc1ccc(/C=C/C(=O)OCC(=O)c2cccc(F)c2)cc1. The van der Waals surface area contributed by atoms with Gasteiger partial charge in [0.1, 0.15) is 5.82 Å². The van der Waals surface area contributed by atoms with Crippen LogP contribution in [0.4, 0.5) is 4.39 Å². The molecule has 0 aliphatic carbocycles. The van der Waals surface area contributed by atoms with Crippen molar-refractivity contribution in [2.45, 2.75) is 4.90 Å². The van der Waals surface area contributed by atoms with Crippen molar-refractivity contribution < 1.29 is 18.7 Å². The van der Waals surface area contributed by atoms with E-state index in [0.29, 0.717) is 0 Å². The maximum Gasteiger partial charge on any atom is 0.331 e. The highest BCUT2D eigenvalue weighted by Gasteiger charge is 2.09. The van der Waals surface area contributed by atoms with Crippen LogP contribution in [0.25, 0.3) is 6.08 Å². The molecule has 2 rings (SSSR count). The lowest BCUT2D eigenvalue weighted by Gasteiger charge is -2.02. The summed E-state index contributed by atoms with van der Waals surface area (Å²) in [4.78, 5) is 24.5. The second-order valence-electron chi connectivity index (χ2n) is 4.65. The van der Waals surface area contributed by atoms with E-state index >= 15 is 0 Å². The van der Waals surface area contributed by atoms with E-state index < -0.39 is 24.2 Å². The normalized spacial score (nSPS) is 10.7. The maximum atomic E-state index is 13.0. The Morgan fingerprint density at radius 2 is 1.91 bits per heavy atom. The van der Waals surface area contributed by atoms with Gasteiger partial charge < -0.3 is 4.74 Å². The van der Waals surface area contributed by atoms with Gasteiger partial charge in [-0.3, -0.25) is 4.79 Å². The van der Waals surface area contributed by atoms with Gasteiger partial charge in [-0.15, -0.1) is 11.8 Å². The fourth-order valence-corrected chi connectivity index (χ4v) is 2.22. The highest BCUT2D eigenvalue weighted by atomic mass is 32.2. The van der Waals surface area contributed by atoms with Gasteiger partial charge in [0, 0.05) is 16.5 Å². The number of hydrogen-bond donors (Lipinski definition) is 0. The van der Waals surface area contributed by atoms with Crippen LogP contribution in [-0.4, -0.2) is 24.6 Å². The fraction of sp³-hybridized carbons (Fsp3) is 0.111. The molecule has 0 aromatic heterocycles. The van der Waals surface area contributed by atoms with Crippen molar-refractivity contribution in [3.63, 3.8) is 0 Å². The zero-order valence-corrected chi connectivity index (χ0v) is 13.3. The summed E-state index contributed by atoms with van der Waals surface area (Å²) in [6.07, 6.45) is 4.85. The lowest BCUT2D eigenvalue weighted by atomic mass is 10.1. The molecule has 0 unspecified atom stereocenters. The van der Waals surface area contributed by atoms with Crippen molar-refractivity contribution in [1.82, 2.24) is 0 Å². The van der Waals surface area contributed by atoms with Crippen LogP contribution in [0.15, 0.2) is 59.5 Å². The first kappa shape index (κ1) is 17.0. The molecule has 0 saturated heterocycles. The highest BCUT2D eigenvalue weighted by molar-refractivity contribution is 7.98. The van der Waals surface area contributed by atoms with Gasteiger partial charge in [-0.1, -0.05) is 24.3 Å². The number of esters is 1. The minimum atomic E-state index is -0.622. The number of ether oxygens (including phenoxy) is 1. The zero-order valence-electron chi connectivity index (χ0n) is 12.5. The zero-order chi connectivity index (χ0) is 16.7. The molecule has 2 aromatic carbocycles. The summed E-state index contributed by atoms with van der Waals surface area (Å²) in [6.45, 7) is -0.419. The molecule has 0 amide bonds. The largest absolute Gasteiger partial charge is 0.454 e. The van der Waals surface area contributed by atoms with Crippen LogP contribution in [0.1, 0.15) is 15.9 Å². The lowest BCUT2D eigenvalue weighted by molar-refractivity contribution is -0.136. The molecule has 0 atom stereocenters. The summed E-state index contributed by atoms with van der Waals surface area (Å²) in [6, 6.07) is 12.9. The minimum Gasteiger partial charge on any atom is -0.454 e. The second kappa shape index (κ2) is 8.29. The van der Waals surface area contributed by atoms with E-state index in [1.54, 1.807) is 17.8 Å². The Labute approximate surface area is 138 Å².